The molecule has 50 heavy (non-hydrogen) atoms. The highest BCUT2D eigenvalue weighted by molar-refractivity contribution is 5.80. The summed E-state index contributed by atoms with van der Waals surface area (Å²) in [5, 5.41) is 43.6. The molecule has 0 heterocycles. The second kappa shape index (κ2) is 39.3. The Morgan fingerprint density at radius 3 is 1.20 bits per heavy atom. The highest BCUT2D eigenvalue weighted by atomic mass is 16.3. The highest BCUT2D eigenvalue weighted by Crippen LogP contribution is 2.16. The van der Waals surface area contributed by atoms with E-state index in [0.29, 0.717) is 12.8 Å². The second-order valence-corrected chi connectivity index (χ2v) is 15.4. The maximum atomic E-state index is 12.5. The van der Waals surface area contributed by atoms with Gasteiger partial charge in [-0.05, 0) is 38.5 Å². The summed E-state index contributed by atoms with van der Waals surface area (Å²) in [6, 6.07) is -0.996. The summed E-state index contributed by atoms with van der Waals surface area (Å²) in [7, 11) is 0. The predicted octanol–water partition coefficient (Wildman–Crippen LogP) is 11.4. The largest absolute Gasteiger partial charge is 0.394 e. The minimum Gasteiger partial charge on any atom is -0.394 e. The van der Waals surface area contributed by atoms with E-state index >= 15 is 0 Å². The number of allylic oxidation sites excluding steroid dienone is 2. The molecule has 1 amide bonds. The summed E-state index contributed by atoms with van der Waals surface area (Å²) in [6.07, 6.45) is 42.5. The minimum absolute atomic E-state index is 0.367. The number of carbonyl (C=O) groups is 1. The van der Waals surface area contributed by atoms with E-state index in [9.17, 15) is 25.2 Å². The quantitative estimate of drug-likeness (QED) is 0.0321. The molecule has 4 unspecified atom stereocenters. The lowest BCUT2D eigenvalue weighted by atomic mass is 10.00. The molecule has 0 bridgehead atoms. The Labute approximate surface area is 311 Å². The van der Waals surface area contributed by atoms with Crippen molar-refractivity contribution in [2.24, 2.45) is 0 Å². The van der Waals surface area contributed by atoms with E-state index in [1.807, 2.05) is 0 Å². The Bertz CT molecular complexity index is 717. The van der Waals surface area contributed by atoms with Gasteiger partial charge in [-0.3, -0.25) is 4.79 Å². The van der Waals surface area contributed by atoms with Crippen molar-refractivity contribution in [3.63, 3.8) is 0 Å². The number of unbranched alkanes of at least 4 members (excludes halogenated alkanes) is 29. The molecule has 0 saturated carbocycles. The van der Waals surface area contributed by atoms with Gasteiger partial charge in [0.15, 0.2) is 0 Å². The Morgan fingerprint density at radius 2 is 0.820 bits per heavy atom. The number of carbonyl (C=O) groups excluding carboxylic acids is 1. The fourth-order valence-electron chi connectivity index (χ4n) is 6.93. The van der Waals surface area contributed by atoms with E-state index in [4.69, 9.17) is 0 Å². The molecular formula is C44H87NO5. The van der Waals surface area contributed by atoms with Gasteiger partial charge in [0.05, 0.1) is 18.8 Å². The Hall–Kier alpha value is -0.950. The van der Waals surface area contributed by atoms with E-state index in [2.05, 4.69) is 31.3 Å². The van der Waals surface area contributed by atoms with Gasteiger partial charge >= 0.3 is 0 Å². The predicted molar refractivity (Wildman–Crippen MR) is 215 cm³/mol. The third-order valence-electron chi connectivity index (χ3n) is 10.5. The molecule has 0 aromatic heterocycles. The summed E-state index contributed by atoms with van der Waals surface area (Å²) in [5.74, 6) is -0.591. The minimum atomic E-state index is -1.28. The van der Waals surface area contributed by atoms with Gasteiger partial charge in [0.25, 0.3) is 0 Å². The van der Waals surface area contributed by atoms with Crippen molar-refractivity contribution in [2.45, 2.75) is 257 Å². The van der Waals surface area contributed by atoms with E-state index in [1.54, 1.807) is 0 Å². The molecule has 5 N–H and O–H groups in total. The van der Waals surface area contributed by atoms with Crippen LogP contribution in [0, 0.1) is 0 Å². The summed E-state index contributed by atoms with van der Waals surface area (Å²) < 4.78 is 0. The van der Waals surface area contributed by atoms with Gasteiger partial charge in [-0.1, -0.05) is 206 Å². The van der Waals surface area contributed by atoms with Crippen LogP contribution in [0.3, 0.4) is 0 Å². The van der Waals surface area contributed by atoms with Crippen LogP contribution in [0.5, 0.6) is 0 Å². The van der Waals surface area contributed by atoms with Crippen molar-refractivity contribution in [3.05, 3.63) is 12.2 Å². The van der Waals surface area contributed by atoms with Crippen LogP contribution in [-0.2, 0) is 4.79 Å². The SMILES string of the molecule is CCCCCCCCCCCCCCCCCC/C=C/CCCC(O)C(O)C(CO)NC(=O)C(O)CCCCCCCCCCCCCCC. The number of aliphatic hydroxyl groups excluding tert-OH is 4. The average Bonchev–Trinajstić information content (AvgIpc) is 3.12. The molecule has 0 fully saturated rings. The molecular weight excluding hydrogens is 622 g/mol. The highest BCUT2D eigenvalue weighted by Gasteiger charge is 2.28. The first-order valence-electron chi connectivity index (χ1n) is 22.1. The smallest absolute Gasteiger partial charge is 0.249 e. The average molecular weight is 710 g/mol. The molecule has 0 aromatic rings. The number of nitrogens with one attached hydrogen (secondary N) is 1. The zero-order chi connectivity index (χ0) is 36.8. The van der Waals surface area contributed by atoms with Crippen LogP contribution >= 0.6 is 0 Å². The zero-order valence-corrected chi connectivity index (χ0v) is 33.4. The molecule has 0 aromatic carbocycles. The van der Waals surface area contributed by atoms with Crippen molar-refractivity contribution in [3.8, 4) is 0 Å². The van der Waals surface area contributed by atoms with Crippen LogP contribution in [-0.4, -0.2) is 57.3 Å². The topological polar surface area (TPSA) is 110 Å². The Morgan fingerprint density at radius 1 is 0.480 bits per heavy atom. The van der Waals surface area contributed by atoms with Crippen molar-refractivity contribution < 1.29 is 25.2 Å². The zero-order valence-electron chi connectivity index (χ0n) is 33.4. The van der Waals surface area contributed by atoms with Crippen molar-refractivity contribution in [1.82, 2.24) is 5.32 Å². The van der Waals surface area contributed by atoms with E-state index in [0.717, 1.165) is 38.5 Å². The van der Waals surface area contributed by atoms with Crippen molar-refractivity contribution in [1.29, 1.82) is 0 Å². The summed E-state index contributed by atoms with van der Waals surface area (Å²) in [6.45, 7) is 4.04. The lowest BCUT2D eigenvalue weighted by Gasteiger charge is -2.27. The first-order chi connectivity index (χ1) is 24.5. The van der Waals surface area contributed by atoms with E-state index in [-0.39, 0.29) is 0 Å². The van der Waals surface area contributed by atoms with Crippen molar-refractivity contribution >= 4 is 5.91 Å². The van der Waals surface area contributed by atoms with Gasteiger partial charge in [-0.15, -0.1) is 0 Å². The fourth-order valence-corrected chi connectivity index (χ4v) is 6.93. The first kappa shape index (κ1) is 49.0. The van der Waals surface area contributed by atoms with Gasteiger partial charge in [0, 0.05) is 0 Å². The van der Waals surface area contributed by atoms with Crippen LogP contribution in [0.2, 0.25) is 0 Å². The van der Waals surface area contributed by atoms with Crippen LogP contribution < -0.4 is 5.32 Å². The number of rotatable bonds is 40. The molecule has 0 aliphatic rings. The number of hydrogen-bond acceptors (Lipinski definition) is 5. The van der Waals surface area contributed by atoms with Crippen LogP contribution in [0.1, 0.15) is 232 Å². The molecule has 298 valence electrons. The molecule has 0 rings (SSSR count). The van der Waals surface area contributed by atoms with Gasteiger partial charge in [0.2, 0.25) is 5.91 Å². The van der Waals surface area contributed by atoms with E-state index < -0.39 is 36.9 Å². The maximum absolute atomic E-state index is 12.5. The molecule has 0 radical (unpaired) electrons. The molecule has 6 nitrogen and oxygen atoms in total. The fraction of sp³-hybridized carbons (Fsp3) is 0.932. The Kier molecular flexibility index (Phi) is 38.5. The molecule has 0 aliphatic carbocycles. The first-order valence-corrected chi connectivity index (χ1v) is 22.1. The van der Waals surface area contributed by atoms with Gasteiger partial charge < -0.3 is 25.7 Å². The third kappa shape index (κ3) is 32.9. The molecule has 0 aliphatic heterocycles. The normalized spacial score (nSPS) is 14.3. The number of hydrogen-bond donors (Lipinski definition) is 5. The monoisotopic (exact) mass is 710 g/mol. The van der Waals surface area contributed by atoms with Crippen LogP contribution in [0.4, 0.5) is 0 Å². The molecule has 4 atom stereocenters. The summed E-state index contributed by atoms with van der Waals surface area (Å²) in [4.78, 5) is 12.5. The Balaban J connectivity index is 3.74. The van der Waals surface area contributed by atoms with Crippen molar-refractivity contribution in [2.75, 3.05) is 6.61 Å². The molecule has 0 saturated heterocycles. The van der Waals surface area contributed by atoms with Crippen LogP contribution in [0.15, 0.2) is 12.2 Å². The summed E-state index contributed by atoms with van der Waals surface area (Å²) >= 11 is 0. The standard InChI is InChI=1S/C44H87NO5/c1-3-5-7-9-11-13-15-17-18-19-20-21-22-23-24-26-27-29-31-33-35-37-41(47)43(49)40(39-46)45-44(50)42(48)38-36-34-32-30-28-25-16-14-12-10-8-6-4-2/h29,31,40-43,46-49H,3-28,30,32-39H2,1-2H3,(H,45,50)/b31-29+. The van der Waals surface area contributed by atoms with Crippen LogP contribution in [0.25, 0.3) is 0 Å². The lowest BCUT2D eigenvalue weighted by molar-refractivity contribution is -0.132. The molecule has 0 spiro atoms. The van der Waals surface area contributed by atoms with Gasteiger partial charge in [-0.25, -0.2) is 0 Å². The summed E-state index contributed by atoms with van der Waals surface area (Å²) in [5.41, 5.74) is 0. The second-order valence-electron chi connectivity index (χ2n) is 15.4. The lowest BCUT2D eigenvalue weighted by Crippen LogP contribution is -2.53. The third-order valence-corrected chi connectivity index (χ3v) is 10.5. The van der Waals surface area contributed by atoms with E-state index in [1.165, 1.54) is 167 Å². The van der Waals surface area contributed by atoms with Gasteiger partial charge in [0.1, 0.15) is 12.2 Å². The molecule has 6 heteroatoms. The van der Waals surface area contributed by atoms with Gasteiger partial charge in [-0.2, -0.15) is 0 Å². The number of amides is 1. The number of aliphatic hydroxyl groups is 4. The maximum Gasteiger partial charge on any atom is 0.249 e.